The highest BCUT2D eigenvalue weighted by molar-refractivity contribution is 5.84. The van der Waals surface area contributed by atoms with E-state index in [1.54, 1.807) is 30.5 Å². The summed E-state index contributed by atoms with van der Waals surface area (Å²) in [6.45, 7) is 0. The average Bonchev–Trinajstić information content (AvgIpc) is 2.45. The van der Waals surface area contributed by atoms with Gasteiger partial charge in [-0.15, -0.1) is 0 Å². The minimum absolute atomic E-state index is 0.345. The predicted octanol–water partition coefficient (Wildman–Crippen LogP) is 1.59. The van der Waals surface area contributed by atoms with Crippen LogP contribution < -0.4 is 11.1 Å². The van der Waals surface area contributed by atoms with Gasteiger partial charge < -0.3 is 11.1 Å². The Morgan fingerprint density at radius 3 is 2.63 bits per heavy atom. The van der Waals surface area contributed by atoms with Gasteiger partial charge in [0.15, 0.2) is 0 Å². The Bertz CT molecular complexity index is 619. The second-order valence-corrected chi connectivity index (χ2v) is 3.90. The van der Waals surface area contributed by atoms with Crippen molar-refractivity contribution in [1.82, 2.24) is 4.98 Å². The standard InChI is InChI=1S/C14H12N4O/c15-9-11-7-4-8-17-14(11)18-12(13(16)19)10-5-2-1-3-6-10/h1-8,12H,(H2,16,19)(H,17,18)/t12-/m1/s1. The molecule has 0 saturated heterocycles. The number of primary amides is 1. The van der Waals surface area contributed by atoms with Gasteiger partial charge in [-0.3, -0.25) is 4.79 Å². The molecule has 0 radical (unpaired) electrons. The summed E-state index contributed by atoms with van der Waals surface area (Å²) in [7, 11) is 0. The van der Waals surface area contributed by atoms with Gasteiger partial charge in [0, 0.05) is 6.20 Å². The Morgan fingerprint density at radius 2 is 2.00 bits per heavy atom. The van der Waals surface area contributed by atoms with Crippen LogP contribution in [0.5, 0.6) is 0 Å². The Labute approximate surface area is 110 Å². The largest absolute Gasteiger partial charge is 0.368 e. The number of pyridine rings is 1. The Balaban J connectivity index is 2.33. The van der Waals surface area contributed by atoms with Crippen LogP contribution in [0.1, 0.15) is 17.2 Å². The van der Waals surface area contributed by atoms with Gasteiger partial charge >= 0.3 is 0 Å². The third-order valence-electron chi connectivity index (χ3n) is 2.63. The molecule has 0 bridgehead atoms. The quantitative estimate of drug-likeness (QED) is 0.864. The van der Waals surface area contributed by atoms with Gasteiger partial charge in [-0.05, 0) is 17.7 Å². The van der Waals surface area contributed by atoms with Gasteiger partial charge in [0.2, 0.25) is 5.91 Å². The highest BCUT2D eigenvalue weighted by atomic mass is 16.1. The smallest absolute Gasteiger partial charge is 0.244 e. The van der Waals surface area contributed by atoms with Crippen LogP contribution in [0.4, 0.5) is 5.82 Å². The number of rotatable bonds is 4. The number of carbonyl (C=O) groups is 1. The Morgan fingerprint density at radius 1 is 1.26 bits per heavy atom. The molecule has 0 fully saturated rings. The Hall–Kier alpha value is -2.87. The highest BCUT2D eigenvalue weighted by Gasteiger charge is 2.18. The molecule has 5 nitrogen and oxygen atoms in total. The molecule has 1 heterocycles. The first kappa shape index (κ1) is 12.6. The number of aromatic nitrogens is 1. The number of anilines is 1. The van der Waals surface area contributed by atoms with Crippen molar-refractivity contribution in [3.8, 4) is 6.07 Å². The van der Waals surface area contributed by atoms with Crippen molar-refractivity contribution in [1.29, 1.82) is 5.26 Å². The summed E-state index contributed by atoms with van der Waals surface area (Å²) in [6, 6.07) is 13.6. The van der Waals surface area contributed by atoms with E-state index in [0.29, 0.717) is 11.4 Å². The van der Waals surface area contributed by atoms with Crippen LogP contribution in [-0.4, -0.2) is 10.9 Å². The maximum Gasteiger partial charge on any atom is 0.244 e. The molecule has 0 spiro atoms. The van der Waals surface area contributed by atoms with Crippen LogP contribution in [0.2, 0.25) is 0 Å². The average molecular weight is 252 g/mol. The molecule has 3 N–H and O–H groups in total. The van der Waals surface area contributed by atoms with Crippen LogP contribution in [0, 0.1) is 11.3 Å². The summed E-state index contributed by atoms with van der Waals surface area (Å²) in [5.41, 5.74) is 6.49. The van der Waals surface area contributed by atoms with Gasteiger partial charge in [-0.25, -0.2) is 4.98 Å². The zero-order valence-corrected chi connectivity index (χ0v) is 10.1. The van der Waals surface area contributed by atoms with Crippen molar-refractivity contribution < 1.29 is 4.79 Å². The van der Waals surface area contributed by atoms with Crippen molar-refractivity contribution in [2.75, 3.05) is 5.32 Å². The molecule has 1 aromatic heterocycles. The first-order valence-corrected chi connectivity index (χ1v) is 5.68. The van der Waals surface area contributed by atoms with Gasteiger partial charge in [-0.1, -0.05) is 30.3 Å². The zero-order valence-electron chi connectivity index (χ0n) is 10.1. The molecular weight excluding hydrogens is 240 g/mol. The third kappa shape index (κ3) is 2.87. The number of carbonyl (C=O) groups excluding carboxylic acids is 1. The third-order valence-corrected chi connectivity index (χ3v) is 2.63. The zero-order chi connectivity index (χ0) is 13.7. The van der Waals surface area contributed by atoms with E-state index in [-0.39, 0.29) is 0 Å². The van der Waals surface area contributed by atoms with E-state index in [2.05, 4.69) is 10.3 Å². The van der Waals surface area contributed by atoms with Crippen molar-refractivity contribution in [3.05, 3.63) is 59.8 Å². The summed E-state index contributed by atoms with van der Waals surface area (Å²) < 4.78 is 0. The molecule has 5 heteroatoms. The maximum absolute atomic E-state index is 11.6. The fourth-order valence-corrected chi connectivity index (χ4v) is 1.71. The number of nitrogens with zero attached hydrogens (tertiary/aromatic N) is 2. The van der Waals surface area contributed by atoms with Crippen molar-refractivity contribution >= 4 is 11.7 Å². The van der Waals surface area contributed by atoms with E-state index in [0.717, 1.165) is 5.56 Å². The fraction of sp³-hybridized carbons (Fsp3) is 0.0714. The van der Waals surface area contributed by atoms with Crippen molar-refractivity contribution in [2.24, 2.45) is 5.73 Å². The van der Waals surface area contributed by atoms with Crippen molar-refractivity contribution in [2.45, 2.75) is 6.04 Å². The summed E-state index contributed by atoms with van der Waals surface area (Å²) in [4.78, 5) is 15.6. The summed E-state index contributed by atoms with van der Waals surface area (Å²) in [6.07, 6.45) is 1.55. The maximum atomic E-state index is 11.6. The molecule has 0 unspecified atom stereocenters. The number of nitrogens with two attached hydrogens (primary N) is 1. The Kier molecular flexibility index (Phi) is 3.74. The second kappa shape index (κ2) is 5.65. The minimum Gasteiger partial charge on any atom is -0.368 e. The van der Waals surface area contributed by atoms with E-state index >= 15 is 0 Å². The molecule has 1 amide bonds. The first-order valence-electron chi connectivity index (χ1n) is 5.68. The van der Waals surface area contributed by atoms with Crippen LogP contribution in [0.15, 0.2) is 48.7 Å². The lowest BCUT2D eigenvalue weighted by Crippen LogP contribution is -2.28. The van der Waals surface area contributed by atoms with Crippen LogP contribution in [0.25, 0.3) is 0 Å². The predicted molar refractivity (Wildman–Crippen MR) is 71.0 cm³/mol. The molecule has 2 aromatic rings. The molecule has 0 aliphatic heterocycles. The lowest BCUT2D eigenvalue weighted by atomic mass is 10.1. The summed E-state index contributed by atoms with van der Waals surface area (Å²) in [5, 5.41) is 11.9. The van der Waals surface area contributed by atoms with E-state index in [9.17, 15) is 4.79 Å². The molecule has 0 aliphatic carbocycles. The monoisotopic (exact) mass is 252 g/mol. The van der Waals surface area contributed by atoms with Gasteiger partial charge in [0.05, 0.1) is 5.56 Å². The first-order chi connectivity index (χ1) is 9.22. The molecule has 0 saturated carbocycles. The summed E-state index contributed by atoms with van der Waals surface area (Å²) in [5.74, 6) is -0.182. The van der Waals surface area contributed by atoms with E-state index in [1.165, 1.54) is 0 Å². The lowest BCUT2D eigenvalue weighted by molar-refractivity contribution is -0.118. The second-order valence-electron chi connectivity index (χ2n) is 3.90. The number of nitriles is 1. The van der Waals surface area contributed by atoms with Crippen molar-refractivity contribution in [3.63, 3.8) is 0 Å². The van der Waals surface area contributed by atoms with Gasteiger partial charge in [0.1, 0.15) is 17.9 Å². The van der Waals surface area contributed by atoms with Crippen LogP contribution in [0.3, 0.4) is 0 Å². The molecule has 94 valence electrons. The number of amides is 1. The molecule has 2 rings (SSSR count). The topological polar surface area (TPSA) is 91.8 Å². The van der Waals surface area contributed by atoms with Crippen LogP contribution >= 0.6 is 0 Å². The van der Waals surface area contributed by atoms with E-state index < -0.39 is 11.9 Å². The normalized spacial score (nSPS) is 11.3. The molecule has 19 heavy (non-hydrogen) atoms. The SMILES string of the molecule is N#Cc1cccnc1N[C@@H](C(N)=O)c1ccccc1. The van der Waals surface area contributed by atoms with Crippen LogP contribution in [-0.2, 0) is 4.79 Å². The molecule has 0 aliphatic rings. The number of benzene rings is 1. The number of nitrogens with one attached hydrogen (secondary N) is 1. The fourth-order valence-electron chi connectivity index (χ4n) is 1.71. The molecule has 1 atom stereocenters. The highest BCUT2D eigenvalue weighted by Crippen LogP contribution is 2.20. The van der Waals surface area contributed by atoms with E-state index in [1.807, 2.05) is 24.3 Å². The molecular formula is C14H12N4O. The van der Waals surface area contributed by atoms with Gasteiger partial charge in [-0.2, -0.15) is 5.26 Å². The van der Waals surface area contributed by atoms with Gasteiger partial charge in [0.25, 0.3) is 0 Å². The number of hydrogen-bond donors (Lipinski definition) is 2. The molecule has 1 aromatic carbocycles. The number of hydrogen-bond acceptors (Lipinski definition) is 4. The lowest BCUT2D eigenvalue weighted by Gasteiger charge is -2.16. The van der Waals surface area contributed by atoms with E-state index in [4.69, 9.17) is 11.0 Å². The summed E-state index contributed by atoms with van der Waals surface area (Å²) >= 11 is 0. The minimum atomic E-state index is -0.719.